The lowest BCUT2D eigenvalue weighted by molar-refractivity contribution is -0.131. The van der Waals surface area contributed by atoms with Crippen molar-refractivity contribution in [3.63, 3.8) is 0 Å². The third-order valence-corrected chi connectivity index (χ3v) is 4.99. The average Bonchev–Trinajstić information content (AvgIpc) is 3.00. The summed E-state index contributed by atoms with van der Waals surface area (Å²) in [5, 5.41) is 4.24. The SMILES string of the molecule is O=CC(=O)C1NC(CCOCc2ccc(Cl)c(Cl)c2)c2ccccc21. The number of Topliss-reactive ketones (excluding diaryl/α,β-unsaturated/α-hetero) is 1. The molecule has 2 unspecified atom stereocenters. The minimum absolute atomic E-state index is 0.0149. The van der Waals surface area contributed by atoms with E-state index >= 15 is 0 Å². The molecule has 3 rings (SSSR count). The molecule has 0 bridgehead atoms. The van der Waals surface area contributed by atoms with E-state index in [1.54, 1.807) is 12.1 Å². The molecule has 0 spiro atoms. The van der Waals surface area contributed by atoms with Crippen molar-refractivity contribution < 1.29 is 14.3 Å². The highest BCUT2D eigenvalue weighted by molar-refractivity contribution is 6.42. The Hall–Kier alpha value is -1.72. The summed E-state index contributed by atoms with van der Waals surface area (Å²) in [6, 6.07) is 12.5. The maximum Gasteiger partial charge on any atom is 0.216 e. The third-order valence-electron chi connectivity index (χ3n) is 4.25. The van der Waals surface area contributed by atoms with Crippen LogP contribution in [-0.2, 0) is 20.9 Å². The van der Waals surface area contributed by atoms with Gasteiger partial charge >= 0.3 is 0 Å². The number of fused-ring (bicyclic) bond motifs is 1. The lowest BCUT2D eigenvalue weighted by Gasteiger charge is -2.13. The summed E-state index contributed by atoms with van der Waals surface area (Å²) >= 11 is 11.9. The van der Waals surface area contributed by atoms with Crippen molar-refractivity contribution in [2.75, 3.05) is 6.61 Å². The first-order valence-electron chi connectivity index (χ1n) is 7.95. The van der Waals surface area contributed by atoms with Crippen molar-refractivity contribution in [3.8, 4) is 0 Å². The molecule has 130 valence electrons. The molecule has 2 aromatic carbocycles. The second-order valence-corrected chi connectivity index (χ2v) is 6.71. The number of aldehydes is 1. The summed E-state index contributed by atoms with van der Waals surface area (Å²) in [4.78, 5) is 22.7. The molecule has 1 heterocycles. The third kappa shape index (κ3) is 4.10. The lowest BCUT2D eigenvalue weighted by Crippen LogP contribution is -2.26. The van der Waals surface area contributed by atoms with Gasteiger partial charge in [0.2, 0.25) is 5.78 Å². The monoisotopic (exact) mass is 377 g/mol. The summed E-state index contributed by atoms with van der Waals surface area (Å²) in [6.45, 7) is 0.941. The highest BCUT2D eigenvalue weighted by Crippen LogP contribution is 2.35. The Kier molecular flexibility index (Phi) is 5.86. The zero-order valence-corrected chi connectivity index (χ0v) is 14.9. The smallest absolute Gasteiger partial charge is 0.216 e. The Balaban J connectivity index is 1.57. The van der Waals surface area contributed by atoms with Crippen LogP contribution in [0.15, 0.2) is 42.5 Å². The predicted octanol–water partition coefficient (Wildman–Crippen LogP) is 4.05. The van der Waals surface area contributed by atoms with Gasteiger partial charge in [0, 0.05) is 12.6 Å². The van der Waals surface area contributed by atoms with E-state index in [0.29, 0.717) is 36.0 Å². The van der Waals surface area contributed by atoms with Crippen molar-refractivity contribution in [1.82, 2.24) is 5.32 Å². The lowest BCUT2D eigenvalue weighted by atomic mass is 9.99. The van der Waals surface area contributed by atoms with Crippen molar-refractivity contribution in [2.24, 2.45) is 0 Å². The molecule has 0 radical (unpaired) electrons. The van der Waals surface area contributed by atoms with Gasteiger partial charge in [-0.25, -0.2) is 0 Å². The summed E-state index contributed by atoms with van der Waals surface area (Å²) in [5.41, 5.74) is 2.86. The van der Waals surface area contributed by atoms with Crippen molar-refractivity contribution in [1.29, 1.82) is 0 Å². The Morgan fingerprint density at radius 1 is 1.12 bits per heavy atom. The first-order chi connectivity index (χ1) is 12.1. The van der Waals surface area contributed by atoms with Gasteiger partial charge in [-0.15, -0.1) is 0 Å². The van der Waals surface area contributed by atoms with E-state index in [1.807, 2.05) is 30.3 Å². The first kappa shape index (κ1) is 18.1. The zero-order chi connectivity index (χ0) is 17.8. The number of carbonyl (C=O) groups excluding carboxylic acids is 2. The fourth-order valence-electron chi connectivity index (χ4n) is 3.03. The quantitative estimate of drug-likeness (QED) is 0.449. The molecule has 1 N–H and O–H groups in total. The summed E-state index contributed by atoms with van der Waals surface area (Å²) in [7, 11) is 0. The topological polar surface area (TPSA) is 55.4 Å². The Morgan fingerprint density at radius 2 is 1.88 bits per heavy atom. The van der Waals surface area contributed by atoms with E-state index in [0.717, 1.165) is 16.7 Å². The molecule has 0 fully saturated rings. The van der Waals surface area contributed by atoms with Crippen LogP contribution in [0.1, 0.15) is 35.2 Å². The number of nitrogens with one attached hydrogen (secondary N) is 1. The standard InChI is InChI=1S/C19H17Cl2NO3/c20-15-6-5-12(9-16(15)21)11-25-8-7-17-13-3-1-2-4-14(13)19(22-17)18(24)10-23/h1-6,9-10,17,19,22H,7-8,11H2. The number of hydrogen-bond donors (Lipinski definition) is 1. The number of hydrogen-bond acceptors (Lipinski definition) is 4. The molecule has 0 amide bonds. The number of halogens is 2. The first-order valence-corrected chi connectivity index (χ1v) is 8.71. The van der Waals surface area contributed by atoms with Crippen LogP contribution in [0.25, 0.3) is 0 Å². The molecule has 25 heavy (non-hydrogen) atoms. The Morgan fingerprint density at radius 3 is 2.60 bits per heavy atom. The Labute approximate surface area is 156 Å². The molecule has 2 atom stereocenters. The predicted molar refractivity (Wildman–Crippen MR) is 96.9 cm³/mol. The van der Waals surface area contributed by atoms with E-state index in [-0.39, 0.29) is 6.04 Å². The molecule has 6 heteroatoms. The normalized spacial score (nSPS) is 18.8. The maximum absolute atomic E-state index is 11.8. The van der Waals surface area contributed by atoms with Crippen LogP contribution in [0.4, 0.5) is 0 Å². The molecule has 4 nitrogen and oxygen atoms in total. The number of carbonyl (C=O) groups is 2. The van der Waals surface area contributed by atoms with Crippen LogP contribution >= 0.6 is 23.2 Å². The van der Waals surface area contributed by atoms with Crippen molar-refractivity contribution in [3.05, 3.63) is 69.2 Å². The summed E-state index contributed by atoms with van der Waals surface area (Å²) in [5.74, 6) is -0.452. The second kappa shape index (κ2) is 8.11. The largest absolute Gasteiger partial charge is 0.377 e. The summed E-state index contributed by atoms with van der Waals surface area (Å²) in [6.07, 6.45) is 1.07. The van der Waals surface area contributed by atoms with Crippen LogP contribution < -0.4 is 5.32 Å². The zero-order valence-electron chi connectivity index (χ0n) is 13.4. The second-order valence-electron chi connectivity index (χ2n) is 5.89. The maximum atomic E-state index is 11.8. The van der Waals surface area contributed by atoms with Crippen LogP contribution in [0.2, 0.25) is 10.0 Å². The van der Waals surface area contributed by atoms with Gasteiger partial charge in [-0.05, 0) is 35.2 Å². The van der Waals surface area contributed by atoms with Crippen LogP contribution in [0.5, 0.6) is 0 Å². The van der Waals surface area contributed by atoms with Crippen LogP contribution in [0.3, 0.4) is 0 Å². The van der Waals surface area contributed by atoms with E-state index in [1.165, 1.54) is 0 Å². The molecular formula is C19H17Cl2NO3. The number of benzene rings is 2. The molecular weight excluding hydrogens is 361 g/mol. The highest BCUT2D eigenvalue weighted by Gasteiger charge is 2.33. The van der Waals surface area contributed by atoms with Crippen LogP contribution in [0, 0.1) is 0 Å². The van der Waals surface area contributed by atoms with Crippen LogP contribution in [-0.4, -0.2) is 18.7 Å². The van der Waals surface area contributed by atoms with E-state index in [2.05, 4.69) is 5.32 Å². The minimum Gasteiger partial charge on any atom is -0.377 e. The van der Waals surface area contributed by atoms with Gasteiger partial charge in [0.05, 0.1) is 16.7 Å². The number of ketones is 1. The molecule has 0 saturated heterocycles. The number of rotatable bonds is 7. The van der Waals surface area contributed by atoms with Gasteiger partial charge in [-0.1, -0.05) is 53.5 Å². The average molecular weight is 378 g/mol. The molecule has 0 aromatic heterocycles. The van der Waals surface area contributed by atoms with Crippen molar-refractivity contribution in [2.45, 2.75) is 25.1 Å². The van der Waals surface area contributed by atoms with Gasteiger partial charge < -0.3 is 4.74 Å². The minimum atomic E-state index is -0.561. The molecule has 2 aromatic rings. The van der Waals surface area contributed by atoms with E-state index in [9.17, 15) is 9.59 Å². The van der Waals surface area contributed by atoms with Gasteiger partial charge in [0.15, 0.2) is 6.29 Å². The fourth-order valence-corrected chi connectivity index (χ4v) is 3.36. The van der Waals surface area contributed by atoms with Gasteiger partial charge in [-0.2, -0.15) is 0 Å². The fraction of sp³-hybridized carbons (Fsp3) is 0.263. The van der Waals surface area contributed by atoms with Crippen molar-refractivity contribution >= 4 is 35.3 Å². The van der Waals surface area contributed by atoms with Gasteiger partial charge in [-0.3, -0.25) is 14.9 Å². The Bertz CT molecular complexity index is 794. The molecule has 0 saturated carbocycles. The van der Waals surface area contributed by atoms with E-state index in [4.69, 9.17) is 27.9 Å². The van der Waals surface area contributed by atoms with Gasteiger partial charge in [0.1, 0.15) is 6.04 Å². The summed E-state index contributed by atoms with van der Waals surface area (Å²) < 4.78 is 5.72. The molecule has 0 aliphatic carbocycles. The van der Waals surface area contributed by atoms with E-state index < -0.39 is 11.8 Å². The van der Waals surface area contributed by atoms with Gasteiger partial charge in [0.25, 0.3) is 0 Å². The molecule has 1 aliphatic rings. The highest BCUT2D eigenvalue weighted by atomic mass is 35.5. The number of ether oxygens (including phenoxy) is 1. The molecule has 1 aliphatic heterocycles.